The number of carbonyl (C=O) groups excluding carboxylic acids is 1. The van der Waals surface area contributed by atoms with Crippen molar-refractivity contribution in [3.8, 4) is 6.07 Å². The van der Waals surface area contributed by atoms with Crippen molar-refractivity contribution in [2.24, 2.45) is 5.84 Å². The number of para-hydroxylation sites is 1. The van der Waals surface area contributed by atoms with Crippen LogP contribution in [0.3, 0.4) is 0 Å². The molecule has 0 fully saturated rings. The average molecular weight is 286 g/mol. The van der Waals surface area contributed by atoms with Crippen LogP contribution in [0.5, 0.6) is 0 Å². The molecule has 0 aliphatic carbocycles. The van der Waals surface area contributed by atoms with E-state index < -0.39 is 0 Å². The molecule has 6 nitrogen and oxygen atoms in total. The molecule has 0 spiro atoms. The Morgan fingerprint density at radius 2 is 2.24 bits per heavy atom. The van der Waals surface area contributed by atoms with Gasteiger partial charge < -0.3 is 4.42 Å². The largest absolute Gasteiger partial charge is 0.459 e. The SMILES string of the molecule is CCN(CCC#N)Cc1oc2ccccc2c1C(=O)NN. The molecule has 6 heteroatoms. The van der Waals surface area contributed by atoms with Gasteiger partial charge in [0.05, 0.1) is 18.2 Å². The van der Waals surface area contributed by atoms with Crippen molar-refractivity contribution in [2.45, 2.75) is 19.9 Å². The van der Waals surface area contributed by atoms with Gasteiger partial charge in [0.25, 0.3) is 5.91 Å². The van der Waals surface area contributed by atoms with Gasteiger partial charge in [0.2, 0.25) is 0 Å². The standard InChI is InChI=1S/C15H18N4O2/c1-2-19(9-5-8-16)10-13-14(15(20)18-17)11-6-3-4-7-12(11)21-13/h3-4,6-7H,2,5,9-10,17H2,1H3,(H,18,20). The predicted octanol–water partition coefficient (Wildman–Crippen LogP) is 1.77. The molecule has 110 valence electrons. The molecule has 0 radical (unpaired) electrons. The van der Waals surface area contributed by atoms with Gasteiger partial charge in [-0.1, -0.05) is 25.1 Å². The molecule has 0 aliphatic heterocycles. The van der Waals surface area contributed by atoms with Crippen LogP contribution in [-0.4, -0.2) is 23.9 Å². The van der Waals surface area contributed by atoms with Crippen LogP contribution >= 0.6 is 0 Å². The smallest absolute Gasteiger partial charge is 0.269 e. The number of nitrogens with zero attached hydrogens (tertiary/aromatic N) is 2. The van der Waals surface area contributed by atoms with Gasteiger partial charge in [-0.25, -0.2) is 5.84 Å². The number of fused-ring (bicyclic) bond motifs is 1. The molecule has 3 N–H and O–H groups in total. The molecule has 0 saturated carbocycles. The van der Waals surface area contributed by atoms with Crippen LogP contribution < -0.4 is 11.3 Å². The summed E-state index contributed by atoms with van der Waals surface area (Å²) in [6, 6.07) is 9.47. The van der Waals surface area contributed by atoms with Crippen LogP contribution in [0.25, 0.3) is 11.0 Å². The van der Waals surface area contributed by atoms with E-state index in [1.807, 2.05) is 36.1 Å². The first-order valence-corrected chi connectivity index (χ1v) is 6.81. The van der Waals surface area contributed by atoms with Gasteiger partial charge >= 0.3 is 0 Å². The molecule has 21 heavy (non-hydrogen) atoms. The Bertz CT molecular complexity index is 672. The minimum atomic E-state index is -0.369. The van der Waals surface area contributed by atoms with Crippen molar-refractivity contribution in [3.05, 3.63) is 35.6 Å². The summed E-state index contributed by atoms with van der Waals surface area (Å²) in [5.41, 5.74) is 3.28. The third-order valence-electron chi connectivity index (χ3n) is 3.38. The Hall–Kier alpha value is -2.36. The summed E-state index contributed by atoms with van der Waals surface area (Å²) in [6.07, 6.45) is 0.437. The highest BCUT2D eigenvalue weighted by molar-refractivity contribution is 6.07. The maximum Gasteiger partial charge on any atom is 0.269 e. The molecule has 1 aromatic heterocycles. The highest BCUT2D eigenvalue weighted by Gasteiger charge is 2.21. The highest BCUT2D eigenvalue weighted by atomic mass is 16.3. The number of nitrogens with one attached hydrogen (secondary N) is 1. The summed E-state index contributed by atoms with van der Waals surface area (Å²) < 4.78 is 5.79. The van der Waals surface area contributed by atoms with Gasteiger partial charge in [0, 0.05) is 18.4 Å². The fraction of sp³-hybridized carbons (Fsp3) is 0.333. The van der Waals surface area contributed by atoms with E-state index in [1.54, 1.807) is 0 Å². The van der Waals surface area contributed by atoms with Crippen molar-refractivity contribution in [3.63, 3.8) is 0 Å². The van der Waals surface area contributed by atoms with Gasteiger partial charge in [-0.2, -0.15) is 5.26 Å². The molecule has 0 unspecified atom stereocenters. The fourth-order valence-corrected chi connectivity index (χ4v) is 2.29. The fourth-order valence-electron chi connectivity index (χ4n) is 2.29. The van der Waals surface area contributed by atoms with Gasteiger partial charge in [0.15, 0.2) is 0 Å². The quantitative estimate of drug-likeness (QED) is 0.479. The summed E-state index contributed by atoms with van der Waals surface area (Å²) in [5, 5.41) is 9.43. The van der Waals surface area contributed by atoms with Crippen molar-refractivity contribution in [1.82, 2.24) is 10.3 Å². The number of hydrogen-bond acceptors (Lipinski definition) is 5. The summed E-state index contributed by atoms with van der Waals surface area (Å²) in [5.74, 6) is 5.47. The van der Waals surface area contributed by atoms with Crippen LogP contribution in [0, 0.1) is 11.3 Å². The van der Waals surface area contributed by atoms with Crippen LogP contribution in [0.2, 0.25) is 0 Å². The number of amides is 1. The zero-order valence-electron chi connectivity index (χ0n) is 11.9. The molecule has 0 aliphatic rings. The van der Waals surface area contributed by atoms with Gasteiger partial charge in [0.1, 0.15) is 11.3 Å². The Kier molecular flexibility index (Phi) is 4.93. The van der Waals surface area contributed by atoms with E-state index in [-0.39, 0.29) is 5.91 Å². The second-order valence-corrected chi connectivity index (χ2v) is 4.65. The molecule has 0 bridgehead atoms. The topological polar surface area (TPSA) is 95.3 Å². The van der Waals surface area contributed by atoms with E-state index in [9.17, 15) is 4.79 Å². The van der Waals surface area contributed by atoms with Crippen molar-refractivity contribution >= 4 is 16.9 Å². The number of furan rings is 1. The molecule has 0 saturated heterocycles. The number of carbonyl (C=O) groups is 1. The second-order valence-electron chi connectivity index (χ2n) is 4.65. The Morgan fingerprint density at radius 3 is 2.90 bits per heavy atom. The lowest BCUT2D eigenvalue weighted by atomic mass is 10.1. The van der Waals surface area contributed by atoms with E-state index >= 15 is 0 Å². The summed E-state index contributed by atoms with van der Waals surface area (Å²) in [7, 11) is 0. The molecule has 1 amide bonds. The molecule has 2 rings (SSSR count). The average Bonchev–Trinajstić information content (AvgIpc) is 2.88. The Balaban J connectivity index is 2.38. The first-order valence-electron chi connectivity index (χ1n) is 6.81. The third kappa shape index (κ3) is 3.21. The third-order valence-corrected chi connectivity index (χ3v) is 3.38. The molecular weight excluding hydrogens is 268 g/mol. The molecule has 1 heterocycles. The predicted molar refractivity (Wildman–Crippen MR) is 79.0 cm³/mol. The second kappa shape index (κ2) is 6.88. The van der Waals surface area contributed by atoms with Crippen LogP contribution in [-0.2, 0) is 6.54 Å². The summed E-state index contributed by atoms with van der Waals surface area (Å²) >= 11 is 0. The van der Waals surface area contributed by atoms with Gasteiger partial charge in [-0.15, -0.1) is 0 Å². The number of benzene rings is 1. The maximum atomic E-state index is 12.0. The first kappa shape index (κ1) is 15.0. The number of nitrogens with two attached hydrogens (primary N) is 1. The lowest BCUT2D eigenvalue weighted by Gasteiger charge is -2.17. The number of nitriles is 1. The minimum Gasteiger partial charge on any atom is -0.459 e. The number of rotatable bonds is 6. The minimum absolute atomic E-state index is 0.369. The Morgan fingerprint density at radius 1 is 1.48 bits per heavy atom. The van der Waals surface area contributed by atoms with Gasteiger partial charge in [-0.3, -0.25) is 15.1 Å². The van der Waals surface area contributed by atoms with Crippen LogP contribution in [0.1, 0.15) is 29.5 Å². The molecular formula is C15H18N4O2. The van der Waals surface area contributed by atoms with E-state index in [4.69, 9.17) is 15.5 Å². The van der Waals surface area contributed by atoms with E-state index in [1.165, 1.54) is 0 Å². The summed E-state index contributed by atoms with van der Waals surface area (Å²) in [4.78, 5) is 14.1. The van der Waals surface area contributed by atoms with E-state index in [0.717, 1.165) is 11.9 Å². The molecule has 0 atom stereocenters. The molecule has 1 aromatic carbocycles. The van der Waals surface area contributed by atoms with Gasteiger partial charge in [-0.05, 0) is 12.6 Å². The first-order chi connectivity index (χ1) is 10.2. The van der Waals surface area contributed by atoms with E-state index in [2.05, 4.69) is 11.5 Å². The molecule has 2 aromatic rings. The van der Waals surface area contributed by atoms with Crippen molar-refractivity contribution < 1.29 is 9.21 Å². The normalized spacial score (nSPS) is 10.8. The Labute approximate surface area is 123 Å². The monoisotopic (exact) mass is 286 g/mol. The van der Waals surface area contributed by atoms with Crippen molar-refractivity contribution in [1.29, 1.82) is 5.26 Å². The van der Waals surface area contributed by atoms with Crippen LogP contribution in [0.15, 0.2) is 28.7 Å². The summed E-state index contributed by atoms with van der Waals surface area (Å²) in [6.45, 7) is 3.87. The zero-order chi connectivity index (χ0) is 15.2. The number of hydrogen-bond donors (Lipinski definition) is 2. The number of nitrogen functional groups attached to an aromatic ring is 1. The van der Waals surface area contributed by atoms with Crippen molar-refractivity contribution in [2.75, 3.05) is 13.1 Å². The lowest BCUT2D eigenvalue weighted by molar-refractivity contribution is 0.0951. The zero-order valence-corrected chi connectivity index (χ0v) is 11.9. The number of hydrazine groups is 1. The van der Waals surface area contributed by atoms with Crippen LogP contribution in [0.4, 0.5) is 0 Å². The highest BCUT2D eigenvalue weighted by Crippen LogP contribution is 2.26. The lowest BCUT2D eigenvalue weighted by Crippen LogP contribution is -2.31. The van der Waals surface area contributed by atoms with E-state index in [0.29, 0.717) is 36.4 Å². The maximum absolute atomic E-state index is 12.0.